The molecule has 0 spiro atoms. The number of aliphatic carboxylic acids is 1. The third kappa shape index (κ3) is 6.25. The summed E-state index contributed by atoms with van der Waals surface area (Å²) in [6.45, 7) is 2.20. The number of allylic oxidation sites excluding steroid dienone is 2. The van der Waals surface area contributed by atoms with Gasteiger partial charge in [-0.15, -0.1) is 0 Å². The smallest absolute Gasteiger partial charge is 0.303 e. The molecule has 0 heterocycles. The van der Waals surface area contributed by atoms with Gasteiger partial charge < -0.3 is 15.3 Å². The van der Waals surface area contributed by atoms with Gasteiger partial charge in [0, 0.05) is 31.1 Å². The summed E-state index contributed by atoms with van der Waals surface area (Å²) in [5.74, 6) is -0.873. The molecule has 0 aromatic rings. The van der Waals surface area contributed by atoms with Crippen LogP contribution in [0.15, 0.2) is 11.5 Å². The van der Waals surface area contributed by atoms with Gasteiger partial charge in [0.15, 0.2) is 0 Å². The lowest BCUT2D eigenvalue weighted by Gasteiger charge is -2.42. The fraction of sp³-hybridized carbons (Fsp3) is 0.826. The molecule has 0 saturated heterocycles. The second kappa shape index (κ2) is 10.9. The van der Waals surface area contributed by atoms with E-state index in [1.165, 1.54) is 25.7 Å². The highest BCUT2D eigenvalue weighted by Crippen LogP contribution is 2.49. The fourth-order valence-electron chi connectivity index (χ4n) is 5.15. The Morgan fingerprint density at radius 2 is 1.75 bits per heavy atom. The lowest BCUT2D eigenvalue weighted by molar-refractivity contribution is -0.137. The number of hydrogen-bond donors (Lipinski definition) is 3. The molecular formula is C23H38O5. The van der Waals surface area contributed by atoms with Gasteiger partial charge in [0.1, 0.15) is 17.3 Å². The molecule has 0 aliphatic heterocycles. The molecule has 0 bridgehead atoms. The molecule has 3 N–H and O–H groups in total. The number of carboxylic acids is 1. The number of Topliss-reactive ketones (excluding diaryl/α,β-unsaturated/α-hetero) is 1. The van der Waals surface area contributed by atoms with Crippen LogP contribution in [0.1, 0.15) is 103 Å². The van der Waals surface area contributed by atoms with Gasteiger partial charge in [-0.05, 0) is 50.4 Å². The lowest BCUT2D eigenvalue weighted by atomic mass is 9.63. The van der Waals surface area contributed by atoms with Gasteiger partial charge in [-0.1, -0.05) is 39.0 Å². The van der Waals surface area contributed by atoms with Gasteiger partial charge in [0.05, 0.1) is 0 Å². The van der Waals surface area contributed by atoms with Crippen LogP contribution < -0.4 is 0 Å². The molecule has 2 saturated carbocycles. The van der Waals surface area contributed by atoms with Crippen molar-refractivity contribution in [2.45, 2.75) is 103 Å². The Balaban J connectivity index is 1.83. The van der Waals surface area contributed by atoms with Gasteiger partial charge in [0.25, 0.3) is 0 Å². The maximum atomic E-state index is 12.3. The van der Waals surface area contributed by atoms with Crippen molar-refractivity contribution in [3.8, 4) is 0 Å². The molecular weight excluding hydrogens is 356 g/mol. The fourth-order valence-corrected chi connectivity index (χ4v) is 5.15. The molecule has 5 heteroatoms. The van der Waals surface area contributed by atoms with Crippen molar-refractivity contribution >= 4 is 11.8 Å². The maximum Gasteiger partial charge on any atom is 0.303 e. The van der Waals surface area contributed by atoms with Crippen molar-refractivity contribution in [3.05, 3.63) is 11.5 Å². The predicted molar refractivity (Wildman–Crippen MR) is 109 cm³/mol. The van der Waals surface area contributed by atoms with E-state index in [2.05, 4.69) is 6.92 Å². The summed E-state index contributed by atoms with van der Waals surface area (Å²) in [6, 6.07) is 0. The molecule has 160 valence electrons. The normalized spacial score (nSPS) is 24.7. The van der Waals surface area contributed by atoms with Crippen LogP contribution in [0, 0.1) is 17.3 Å². The van der Waals surface area contributed by atoms with Crippen molar-refractivity contribution in [2.24, 2.45) is 17.3 Å². The second-order valence-corrected chi connectivity index (χ2v) is 9.00. The molecule has 28 heavy (non-hydrogen) atoms. The van der Waals surface area contributed by atoms with E-state index in [9.17, 15) is 19.8 Å². The zero-order valence-electron chi connectivity index (χ0n) is 17.4. The number of carbonyl (C=O) groups is 2. The highest BCUT2D eigenvalue weighted by Gasteiger charge is 2.39. The van der Waals surface area contributed by atoms with E-state index in [1.807, 2.05) is 0 Å². The Kier molecular flexibility index (Phi) is 8.84. The molecule has 0 aromatic heterocycles. The monoisotopic (exact) mass is 394 g/mol. The molecule has 2 aliphatic rings. The summed E-state index contributed by atoms with van der Waals surface area (Å²) in [6.07, 6.45) is 12.8. The van der Waals surface area contributed by atoms with Gasteiger partial charge in [-0.2, -0.15) is 0 Å². The van der Waals surface area contributed by atoms with Crippen LogP contribution >= 0.6 is 0 Å². The highest BCUT2D eigenvalue weighted by atomic mass is 16.4. The minimum Gasteiger partial charge on any atom is -0.509 e. The number of aliphatic hydroxyl groups excluding tert-OH is 2. The zero-order valence-corrected chi connectivity index (χ0v) is 17.4. The first-order valence-corrected chi connectivity index (χ1v) is 11.2. The number of rotatable bonds is 13. The number of unbranched alkanes of at least 4 members (excludes halogenated alkanes) is 3. The number of carboxylic acid groups (broad SMARTS) is 1. The Morgan fingerprint density at radius 3 is 2.36 bits per heavy atom. The van der Waals surface area contributed by atoms with Gasteiger partial charge in [-0.3, -0.25) is 9.59 Å². The van der Waals surface area contributed by atoms with Crippen LogP contribution in [0.3, 0.4) is 0 Å². The number of carbonyl (C=O) groups excluding carboxylic acids is 1. The summed E-state index contributed by atoms with van der Waals surface area (Å²) in [4.78, 5) is 22.8. The largest absolute Gasteiger partial charge is 0.509 e. The summed E-state index contributed by atoms with van der Waals surface area (Å²) in [7, 11) is 0. The first-order valence-electron chi connectivity index (χ1n) is 11.2. The molecule has 0 radical (unpaired) electrons. The van der Waals surface area contributed by atoms with Crippen LogP contribution in [0.4, 0.5) is 0 Å². The summed E-state index contributed by atoms with van der Waals surface area (Å²) in [5, 5.41) is 29.8. The van der Waals surface area contributed by atoms with Crippen LogP contribution in [0.25, 0.3) is 0 Å². The van der Waals surface area contributed by atoms with Crippen LogP contribution in [-0.4, -0.2) is 27.1 Å². The van der Waals surface area contributed by atoms with Gasteiger partial charge >= 0.3 is 5.97 Å². The predicted octanol–water partition coefficient (Wildman–Crippen LogP) is 6.09. The molecule has 2 fully saturated rings. The maximum absolute atomic E-state index is 12.3. The second-order valence-electron chi connectivity index (χ2n) is 9.00. The quantitative estimate of drug-likeness (QED) is 0.260. The molecule has 0 amide bonds. The van der Waals surface area contributed by atoms with Crippen molar-refractivity contribution in [2.75, 3.05) is 0 Å². The van der Waals surface area contributed by atoms with E-state index < -0.39 is 5.97 Å². The van der Waals surface area contributed by atoms with E-state index in [0.717, 1.165) is 32.1 Å². The van der Waals surface area contributed by atoms with Gasteiger partial charge in [-0.25, -0.2) is 0 Å². The van der Waals surface area contributed by atoms with E-state index >= 15 is 0 Å². The first kappa shape index (κ1) is 22.8. The zero-order chi connectivity index (χ0) is 20.6. The summed E-state index contributed by atoms with van der Waals surface area (Å²) >= 11 is 0. The van der Waals surface area contributed by atoms with Crippen LogP contribution in [-0.2, 0) is 9.59 Å². The molecule has 2 rings (SSSR count). The van der Waals surface area contributed by atoms with E-state index in [-0.39, 0.29) is 35.6 Å². The van der Waals surface area contributed by atoms with Crippen LogP contribution in [0.2, 0.25) is 0 Å². The van der Waals surface area contributed by atoms with Crippen molar-refractivity contribution in [3.63, 3.8) is 0 Å². The summed E-state index contributed by atoms with van der Waals surface area (Å²) in [5.41, 5.74) is 0.351. The third-order valence-electron chi connectivity index (χ3n) is 6.99. The Labute approximate surface area is 169 Å². The highest BCUT2D eigenvalue weighted by molar-refractivity contribution is 5.83. The van der Waals surface area contributed by atoms with Gasteiger partial charge in [0.2, 0.25) is 0 Å². The first-order chi connectivity index (χ1) is 13.4. The van der Waals surface area contributed by atoms with E-state index in [0.29, 0.717) is 37.5 Å². The standard InChI is InChI=1S/C23H38O5/c1-2-13-23(14-7-15-23)16-12-20(25)22(28)18-10-11-19(24)17(18)8-5-3-4-6-9-21(26)27/h17-18,25,28H,2-16H2,1H3,(H,26,27)/b22-20+/t17-,18+/m1/s1. The average Bonchev–Trinajstić information content (AvgIpc) is 2.99. The SMILES string of the molecule is CCCC1(CC/C(O)=C(\O)[C@H]2CCC(=O)[C@@H]2CCCCCCC(=O)O)CCC1. The van der Waals surface area contributed by atoms with E-state index in [1.54, 1.807) is 0 Å². The number of hydrogen-bond acceptors (Lipinski definition) is 4. The third-order valence-corrected chi connectivity index (χ3v) is 6.99. The minimum atomic E-state index is -0.765. The topological polar surface area (TPSA) is 94.8 Å². The van der Waals surface area contributed by atoms with E-state index in [4.69, 9.17) is 5.11 Å². The number of ketones is 1. The molecule has 5 nitrogen and oxygen atoms in total. The van der Waals surface area contributed by atoms with Crippen molar-refractivity contribution < 1.29 is 24.9 Å². The minimum absolute atomic E-state index is 0.0488. The van der Waals surface area contributed by atoms with Crippen molar-refractivity contribution in [1.82, 2.24) is 0 Å². The Hall–Kier alpha value is -1.52. The number of aliphatic hydroxyl groups is 2. The molecule has 2 atom stereocenters. The molecule has 0 aromatic carbocycles. The van der Waals surface area contributed by atoms with Crippen LogP contribution in [0.5, 0.6) is 0 Å². The summed E-state index contributed by atoms with van der Waals surface area (Å²) < 4.78 is 0. The molecule has 0 unspecified atom stereocenters. The average molecular weight is 395 g/mol. The van der Waals surface area contributed by atoms with Crippen molar-refractivity contribution in [1.29, 1.82) is 0 Å². The molecule has 2 aliphatic carbocycles. The Bertz CT molecular complexity index is 561. The lowest BCUT2D eigenvalue weighted by Crippen LogP contribution is -2.29. The Morgan fingerprint density at radius 1 is 1.04 bits per heavy atom.